The Balaban J connectivity index is 1.88. The third kappa shape index (κ3) is 2.45. The first-order chi connectivity index (χ1) is 9.69. The summed E-state index contributed by atoms with van der Waals surface area (Å²) in [5.74, 6) is 0.898. The Hall–Kier alpha value is -1.39. The molecule has 2 heterocycles. The lowest BCUT2D eigenvalue weighted by atomic mass is 10.1. The Morgan fingerprint density at radius 1 is 1.45 bits per heavy atom. The molecule has 20 heavy (non-hydrogen) atoms. The van der Waals surface area contributed by atoms with Gasteiger partial charge in [-0.1, -0.05) is 24.3 Å². The van der Waals surface area contributed by atoms with E-state index in [9.17, 15) is 4.79 Å². The standard InChI is InChI=1S/C15H15ClN2OS/c1-10-4-2-3-5-12(10)13-9-20-15(17-13)18-8-11(7-16)6-14(18)19/h2-5,9,11H,6-8H2,1H3. The first-order valence-corrected chi connectivity index (χ1v) is 7.98. The molecule has 1 aromatic carbocycles. The average Bonchev–Trinajstić information content (AvgIpc) is 3.05. The normalized spacial score (nSPS) is 18.8. The molecule has 1 fully saturated rings. The second kappa shape index (κ2) is 5.54. The number of hydrogen-bond donors (Lipinski definition) is 0. The summed E-state index contributed by atoms with van der Waals surface area (Å²) in [5, 5.41) is 2.79. The molecule has 3 nitrogen and oxygen atoms in total. The van der Waals surface area contributed by atoms with Crippen LogP contribution in [0.15, 0.2) is 29.6 Å². The van der Waals surface area contributed by atoms with E-state index in [1.54, 1.807) is 4.90 Å². The number of alkyl halides is 1. The summed E-state index contributed by atoms with van der Waals surface area (Å²) in [6.07, 6.45) is 0.531. The smallest absolute Gasteiger partial charge is 0.229 e. The average molecular weight is 307 g/mol. The Morgan fingerprint density at radius 2 is 2.25 bits per heavy atom. The molecule has 0 N–H and O–H groups in total. The van der Waals surface area contributed by atoms with E-state index >= 15 is 0 Å². The fourth-order valence-electron chi connectivity index (χ4n) is 2.44. The Kier molecular flexibility index (Phi) is 3.76. The van der Waals surface area contributed by atoms with Gasteiger partial charge in [-0.05, 0) is 18.4 Å². The first-order valence-electron chi connectivity index (χ1n) is 6.57. The van der Waals surface area contributed by atoms with Crippen LogP contribution in [0.4, 0.5) is 5.13 Å². The summed E-state index contributed by atoms with van der Waals surface area (Å²) in [7, 11) is 0. The number of aryl methyl sites for hydroxylation is 1. The molecule has 0 spiro atoms. The SMILES string of the molecule is Cc1ccccc1-c1csc(N2CC(CCl)CC2=O)n1. The van der Waals surface area contributed by atoms with Crippen LogP contribution >= 0.6 is 22.9 Å². The van der Waals surface area contributed by atoms with Gasteiger partial charge in [-0.15, -0.1) is 22.9 Å². The molecule has 0 aliphatic carbocycles. The van der Waals surface area contributed by atoms with E-state index in [2.05, 4.69) is 24.0 Å². The number of carbonyl (C=O) groups excluding carboxylic acids is 1. The zero-order valence-electron chi connectivity index (χ0n) is 11.2. The van der Waals surface area contributed by atoms with Gasteiger partial charge < -0.3 is 0 Å². The van der Waals surface area contributed by atoms with Crippen LogP contribution in [-0.2, 0) is 4.79 Å². The van der Waals surface area contributed by atoms with E-state index < -0.39 is 0 Å². The highest BCUT2D eigenvalue weighted by molar-refractivity contribution is 7.14. The van der Waals surface area contributed by atoms with Crippen molar-refractivity contribution >= 4 is 34.0 Å². The van der Waals surface area contributed by atoms with E-state index in [0.29, 0.717) is 18.8 Å². The lowest BCUT2D eigenvalue weighted by Crippen LogP contribution is -2.24. The highest BCUT2D eigenvalue weighted by Crippen LogP contribution is 2.32. The number of nitrogens with zero attached hydrogens (tertiary/aromatic N) is 2. The van der Waals surface area contributed by atoms with Crippen molar-refractivity contribution in [3.63, 3.8) is 0 Å². The van der Waals surface area contributed by atoms with Crippen LogP contribution in [0.2, 0.25) is 0 Å². The summed E-state index contributed by atoms with van der Waals surface area (Å²) >= 11 is 7.37. The molecule has 1 aromatic heterocycles. The molecule has 1 saturated heterocycles. The number of halogens is 1. The molecule has 3 rings (SSSR count). The topological polar surface area (TPSA) is 33.2 Å². The van der Waals surface area contributed by atoms with Crippen molar-refractivity contribution in [3.8, 4) is 11.3 Å². The minimum absolute atomic E-state index is 0.126. The Labute approximate surface area is 127 Å². The molecule has 0 bridgehead atoms. The molecule has 1 unspecified atom stereocenters. The number of aromatic nitrogens is 1. The van der Waals surface area contributed by atoms with Gasteiger partial charge in [0.2, 0.25) is 5.91 Å². The van der Waals surface area contributed by atoms with Crippen LogP contribution in [0.5, 0.6) is 0 Å². The van der Waals surface area contributed by atoms with Crippen molar-refractivity contribution in [3.05, 3.63) is 35.2 Å². The molecule has 5 heteroatoms. The summed E-state index contributed by atoms with van der Waals surface area (Å²) in [6.45, 7) is 2.75. The van der Waals surface area contributed by atoms with E-state index in [1.807, 2.05) is 17.5 Å². The number of rotatable bonds is 3. The molecule has 1 aliphatic heterocycles. The summed E-state index contributed by atoms with van der Waals surface area (Å²) in [6, 6.07) is 8.15. The van der Waals surface area contributed by atoms with Gasteiger partial charge in [-0.3, -0.25) is 9.69 Å². The quantitative estimate of drug-likeness (QED) is 0.810. The summed E-state index contributed by atoms with van der Waals surface area (Å²) < 4.78 is 0. The summed E-state index contributed by atoms with van der Waals surface area (Å²) in [4.78, 5) is 18.4. The van der Waals surface area contributed by atoms with Crippen LogP contribution in [0, 0.1) is 12.8 Å². The maximum Gasteiger partial charge on any atom is 0.229 e. The number of thiazole rings is 1. The minimum Gasteiger partial charge on any atom is -0.288 e. The fraction of sp³-hybridized carbons (Fsp3) is 0.333. The van der Waals surface area contributed by atoms with Crippen molar-refractivity contribution in [2.75, 3.05) is 17.3 Å². The fourth-order valence-corrected chi connectivity index (χ4v) is 3.50. The van der Waals surface area contributed by atoms with Gasteiger partial charge in [0.15, 0.2) is 5.13 Å². The predicted molar refractivity (Wildman–Crippen MR) is 83.5 cm³/mol. The van der Waals surface area contributed by atoms with Crippen molar-refractivity contribution in [2.24, 2.45) is 5.92 Å². The molecule has 2 aromatic rings. The highest BCUT2D eigenvalue weighted by Gasteiger charge is 2.31. The zero-order valence-corrected chi connectivity index (χ0v) is 12.7. The van der Waals surface area contributed by atoms with Crippen LogP contribution < -0.4 is 4.90 Å². The maximum absolute atomic E-state index is 12.0. The van der Waals surface area contributed by atoms with E-state index in [4.69, 9.17) is 11.6 Å². The van der Waals surface area contributed by atoms with E-state index in [1.165, 1.54) is 16.9 Å². The van der Waals surface area contributed by atoms with E-state index in [0.717, 1.165) is 16.4 Å². The van der Waals surface area contributed by atoms with Gasteiger partial charge in [0, 0.05) is 29.8 Å². The van der Waals surface area contributed by atoms with Gasteiger partial charge in [0.25, 0.3) is 0 Å². The van der Waals surface area contributed by atoms with Gasteiger partial charge in [-0.25, -0.2) is 4.98 Å². The first kappa shape index (κ1) is 13.6. The number of anilines is 1. The highest BCUT2D eigenvalue weighted by atomic mass is 35.5. The second-order valence-corrected chi connectivity index (χ2v) is 6.20. The molecule has 1 aliphatic rings. The molecule has 0 saturated carbocycles. The Morgan fingerprint density at radius 3 is 2.95 bits per heavy atom. The molecule has 1 amide bonds. The third-order valence-electron chi connectivity index (χ3n) is 3.57. The Bertz CT molecular complexity index is 640. The van der Waals surface area contributed by atoms with Crippen molar-refractivity contribution in [1.29, 1.82) is 0 Å². The van der Waals surface area contributed by atoms with Crippen molar-refractivity contribution in [2.45, 2.75) is 13.3 Å². The lowest BCUT2D eigenvalue weighted by Gasteiger charge is -2.11. The molecular weight excluding hydrogens is 292 g/mol. The van der Waals surface area contributed by atoms with Crippen LogP contribution in [0.1, 0.15) is 12.0 Å². The van der Waals surface area contributed by atoms with Gasteiger partial charge in [-0.2, -0.15) is 0 Å². The largest absolute Gasteiger partial charge is 0.288 e. The number of carbonyl (C=O) groups is 1. The van der Waals surface area contributed by atoms with E-state index in [-0.39, 0.29) is 11.8 Å². The number of benzene rings is 1. The summed E-state index contributed by atoms with van der Waals surface area (Å²) in [5.41, 5.74) is 3.25. The molecule has 104 valence electrons. The maximum atomic E-state index is 12.0. The molecule has 1 atom stereocenters. The number of hydrogen-bond acceptors (Lipinski definition) is 3. The van der Waals surface area contributed by atoms with Crippen molar-refractivity contribution < 1.29 is 4.79 Å². The van der Waals surface area contributed by atoms with Crippen LogP contribution in [0.25, 0.3) is 11.3 Å². The van der Waals surface area contributed by atoms with Gasteiger partial charge >= 0.3 is 0 Å². The van der Waals surface area contributed by atoms with Crippen LogP contribution in [-0.4, -0.2) is 23.3 Å². The monoisotopic (exact) mass is 306 g/mol. The van der Waals surface area contributed by atoms with Crippen molar-refractivity contribution in [1.82, 2.24) is 4.98 Å². The lowest BCUT2D eigenvalue weighted by molar-refractivity contribution is -0.117. The molecular formula is C15H15ClN2OS. The zero-order chi connectivity index (χ0) is 14.1. The molecule has 0 radical (unpaired) electrons. The minimum atomic E-state index is 0.126. The van der Waals surface area contributed by atoms with Gasteiger partial charge in [0.1, 0.15) is 0 Å². The van der Waals surface area contributed by atoms with Crippen LogP contribution in [0.3, 0.4) is 0 Å². The number of amides is 1. The predicted octanol–water partition coefficient (Wildman–Crippen LogP) is 3.71. The second-order valence-electron chi connectivity index (χ2n) is 5.06. The van der Waals surface area contributed by atoms with Gasteiger partial charge in [0.05, 0.1) is 5.69 Å². The third-order valence-corrected chi connectivity index (χ3v) is 4.87.